The van der Waals surface area contributed by atoms with Crippen LogP contribution in [0.3, 0.4) is 0 Å². The minimum absolute atomic E-state index is 0.277. The summed E-state index contributed by atoms with van der Waals surface area (Å²) in [7, 11) is -3.87. The highest BCUT2D eigenvalue weighted by atomic mass is 32.2. The second-order valence-electron chi connectivity index (χ2n) is 4.78. The maximum Gasteiger partial charge on any atom is 0.422 e. The van der Waals surface area contributed by atoms with Gasteiger partial charge in [0, 0.05) is 0 Å². The predicted molar refractivity (Wildman–Crippen MR) is 66.5 cm³/mol. The summed E-state index contributed by atoms with van der Waals surface area (Å²) in [6.45, 7) is 4.85. The van der Waals surface area contributed by atoms with Gasteiger partial charge in [-0.1, -0.05) is 0 Å². The summed E-state index contributed by atoms with van der Waals surface area (Å²) in [6.07, 6.45) is -1.24. The molecular weight excluding hydrogens is 278 g/mol. The molecule has 112 valence electrons. The Morgan fingerprint density at radius 1 is 1.37 bits per heavy atom. The van der Waals surface area contributed by atoms with Gasteiger partial charge in [-0.25, -0.2) is 18.6 Å². The number of ether oxygens (including phenoxy) is 1. The molecule has 1 amide bonds. The minimum Gasteiger partial charge on any atom is -0.480 e. The molecule has 0 aliphatic carbocycles. The van der Waals surface area contributed by atoms with Crippen LogP contribution in [0.4, 0.5) is 4.79 Å². The molecule has 0 spiro atoms. The molecule has 0 radical (unpaired) electrons. The highest BCUT2D eigenvalue weighted by Crippen LogP contribution is 2.06. The molecule has 0 saturated carbocycles. The van der Waals surface area contributed by atoms with E-state index in [1.807, 2.05) is 5.43 Å². The maximum atomic E-state index is 11.4. The number of carboxylic acid groups (broad SMARTS) is 1. The van der Waals surface area contributed by atoms with Gasteiger partial charge in [0.2, 0.25) is 10.0 Å². The van der Waals surface area contributed by atoms with Gasteiger partial charge in [0.05, 0.1) is 5.75 Å². The Hall–Kier alpha value is -1.39. The molecule has 0 rings (SSSR count). The summed E-state index contributed by atoms with van der Waals surface area (Å²) in [5, 5.41) is 8.49. The Bertz CT molecular complexity index is 428. The van der Waals surface area contributed by atoms with Crippen LogP contribution < -0.4 is 16.0 Å². The second kappa shape index (κ2) is 6.68. The zero-order valence-corrected chi connectivity index (χ0v) is 11.8. The first-order valence-corrected chi connectivity index (χ1v) is 7.05. The van der Waals surface area contributed by atoms with E-state index in [0.29, 0.717) is 0 Å². The Labute approximate surface area is 111 Å². The number of amides is 1. The molecule has 0 heterocycles. The summed E-state index contributed by atoms with van der Waals surface area (Å²) < 4.78 is 27.6. The van der Waals surface area contributed by atoms with Crippen molar-refractivity contribution in [3.05, 3.63) is 0 Å². The average molecular weight is 297 g/mol. The van der Waals surface area contributed by atoms with Crippen LogP contribution in [0.15, 0.2) is 0 Å². The van der Waals surface area contributed by atoms with E-state index >= 15 is 0 Å². The number of rotatable bonds is 6. The third-order valence-electron chi connectivity index (χ3n) is 1.72. The topological polar surface area (TPSA) is 148 Å². The van der Waals surface area contributed by atoms with Gasteiger partial charge >= 0.3 is 12.1 Å². The lowest BCUT2D eigenvalue weighted by atomic mass is 10.2. The van der Waals surface area contributed by atoms with E-state index < -0.39 is 39.5 Å². The first-order chi connectivity index (χ1) is 8.43. The molecular formula is C9H19N3O6S. The van der Waals surface area contributed by atoms with Crippen molar-refractivity contribution in [2.75, 3.05) is 5.75 Å². The zero-order chi connectivity index (χ0) is 15.3. The van der Waals surface area contributed by atoms with Gasteiger partial charge in [-0.05, 0) is 27.2 Å². The number of carbonyl (C=O) groups excluding carboxylic acids is 1. The largest absolute Gasteiger partial charge is 0.480 e. The van der Waals surface area contributed by atoms with Gasteiger partial charge in [-0.2, -0.15) is 0 Å². The quantitative estimate of drug-likeness (QED) is 0.466. The van der Waals surface area contributed by atoms with E-state index in [-0.39, 0.29) is 6.42 Å². The summed E-state index contributed by atoms with van der Waals surface area (Å²) in [6, 6.07) is -1.28. The van der Waals surface area contributed by atoms with Crippen LogP contribution in [0.1, 0.15) is 27.2 Å². The number of carbonyl (C=O) groups is 2. The molecule has 1 unspecified atom stereocenters. The van der Waals surface area contributed by atoms with Crippen molar-refractivity contribution in [3.8, 4) is 0 Å². The van der Waals surface area contributed by atoms with Gasteiger partial charge in [0.25, 0.3) is 0 Å². The molecule has 0 bridgehead atoms. The van der Waals surface area contributed by atoms with E-state index in [4.69, 9.17) is 15.6 Å². The first kappa shape index (κ1) is 17.6. The monoisotopic (exact) mass is 297 g/mol. The van der Waals surface area contributed by atoms with Crippen LogP contribution in [-0.2, 0) is 19.6 Å². The molecule has 19 heavy (non-hydrogen) atoms. The van der Waals surface area contributed by atoms with Gasteiger partial charge < -0.3 is 15.6 Å². The van der Waals surface area contributed by atoms with Gasteiger partial charge in [-0.3, -0.25) is 4.79 Å². The molecule has 0 aromatic rings. The highest BCUT2D eigenvalue weighted by molar-refractivity contribution is 7.89. The number of hydrogen-bond acceptors (Lipinski definition) is 6. The SMILES string of the molecule is CC(C)(C)OC(=O)NNS(=O)(=O)CCC(N)C(=O)O. The van der Waals surface area contributed by atoms with Crippen LogP contribution in [0.25, 0.3) is 0 Å². The minimum atomic E-state index is -3.87. The fraction of sp³-hybridized carbons (Fsp3) is 0.778. The third-order valence-corrected chi connectivity index (χ3v) is 2.91. The molecule has 1 atom stereocenters. The highest BCUT2D eigenvalue weighted by Gasteiger charge is 2.20. The summed E-state index contributed by atoms with van der Waals surface area (Å²) in [5.74, 6) is -1.83. The molecule has 0 fully saturated rings. The third kappa shape index (κ3) is 9.22. The number of nitrogens with one attached hydrogen (secondary N) is 2. The average Bonchev–Trinajstić information content (AvgIpc) is 2.21. The Kier molecular flexibility index (Phi) is 6.19. The number of carboxylic acids is 1. The Morgan fingerprint density at radius 3 is 2.32 bits per heavy atom. The zero-order valence-electron chi connectivity index (χ0n) is 11.0. The van der Waals surface area contributed by atoms with E-state index in [2.05, 4.69) is 0 Å². The lowest BCUT2D eigenvalue weighted by molar-refractivity contribution is -0.138. The molecule has 0 saturated heterocycles. The summed E-state index contributed by atoms with van der Waals surface area (Å²) >= 11 is 0. The van der Waals surface area contributed by atoms with Crippen LogP contribution in [-0.4, -0.2) is 43.0 Å². The van der Waals surface area contributed by atoms with Crippen molar-refractivity contribution < 1.29 is 27.9 Å². The number of hydrogen-bond donors (Lipinski definition) is 4. The number of nitrogens with two attached hydrogens (primary N) is 1. The molecule has 10 heteroatoms. The number of aliphatic carboxylic acids is 1. The van der Waals surface area contributed by atoms with Crippen molar-refractivity contribution in [2.45, 2.75) is 38.8 Å². The van der Waals surface area contributed by atoms with Crippen molar-refractivity contribution in [1.29, 1.82) is 0 Å². The summed E-state index contributed by atoms with van der Waals surface area (Å²) in [4.78, 5) is 23.4. The van der Waals surface area contributed by atoms with Gasteiger partial charge in [0.1, 0.15) is 11.6 Å². The van der Waals surface area contributed by atoms with Crippen LogP contribution in [0.5, 0.6) is 0 Å². The van der Waals surface area contributed by atoms with Crippen molar-refractivity contribution in [1.82, 2.24) is 10.3 Å². The lowest BCUT2D eigenvalue weighted by Gasteiger charge is -2.19. The predicted octanol–water partition coefficient (Wildman–Crippen LogP) is -0.852. The number of hydrazine groups is 1. The Balaban J connectivity index is 4.18. The van der Waals surface area contributed by atoms with Crippen LogP contribution in [0, 0.1) is 0 Å². The van der Waals surface area contributed by atoms with E-state index in [9.17, 15) is 18.0 Å². The van der Waals surface area contributed by atoms with Crippen molar-refractivity contribution in [3.63, 3.8) is 0 Å². The van der Waals surface area contributed by atoms with Crippen LogP contribution >= 0.6 is 0 Å². The normalized spacial score (nSPS) is 13.7. The lowest BCUT2D eigenvalue weighted by Crippen LogP contribution is -2.46. The molecule has 0 aliphatic rings. The smallest absolute Gasteiger partial charge is 0.422 e. The fourth-order valence-electron chi connectivity index (χ4n) is 0.880. The fourth-order valence-corrected chi connectivity index (χ4v) is 1.78. The number of sulfonamides is 1. The van der Waals surface area contributed by atoms with Gasteiger partial charge in [-0.15, -0.1) is 4.83 Å². The van der Waals surface area contributed by atoms with E-state index in [0.717, 1.165) is 0 Å². The van der Waals surface area contributed by atoms with E-state index in [1.54, 1.807) is 25.6 Å². The molecule has 0 aromatic carbocycles. The second-order valence-corrected chi connectivity index (χ2v) is 6.62. The molecule has 0 aliphatic heterocycles. The summed E-state index contributed by atoms with van der Waals surface area (Å²) in [5.41, 5.74) is 6.24. The molecule has 0 aromatic heterocycles. The molecule has 5 N–H and O–H groups in total. The Morgan fingerprint density at radius 2 is 1.89 bits per heavy atom. The molecule has 9 nitrogen and oxygen atoms in total. The van der Waals surface area contributed by atoms with E-state index in [1.165, 1.54) is 0 Å². The van der Waals surface area contributed by atoms with Crippen molar-refractivity contribution in [2.24, 2.45) is 5.73 Å². The maximum absolute atomic E-state index is 11.4. The van der Waals surface area contributed by atoms with Crippen molar-refractivity contribution >= 4 is 22.1 Å². The van der Waals surface area contributed by atoms with Gasteiger partial charge in [0.15, 0.2) is 0 Å². The standard InChI is InChI=1S/C9H19N3O6S/c1-9(2,3)18-8(15)11-12-19(16,17)5-4-6(10)7(13)14/h6,12H,4-5,10H2,1-3H3,(H,11,15)(H,13,14). The van der Waals surface area contributed by atoms with Crippen LogP contribution in [0.2, 0.25) is 0 Å². The first-order valence-electron chi connectivity index (χ1n) is 5.40.